The lowest BCUT2D eigenvalue weighted by Crippen LogP contribution is -2.38. The van der Waals surface area contributed by atoms with Gasteiger partial charge in [-0.1, -0.05) is 35.3 Å². The SMILES string of the molecule is Cn1c(Cl)cnc1CN1CCOC(c2ccc(Cl)cc2)C1. The Morgan fingerprint density at radius 2 is 2.05 bits per heavy atom. The fourth-order valence-corrected chi connectivity index (χ4v) is 2.77. The van der Waals surface area contributed by atoms with Crippen molar-refractivity contribution >= 4 is 23.2 Å². The summed E-state index contributed by atoms with van der Waals surface area (Å²) in [5, 5.41) is 1.40. The average Bonchev–Trinajstić information content (AvgIpc) is 2.80. The summed E-state index contributed by atoms with van der Waals surface area (Å²) in [4.78, 5) is 6.68. The molecule has 0 spiro atoms. The van der Waals surface area contributed by atoms with Crippen molar-refractivity contribution in [2.24, 2.45) is 7.05 Å². The maximum Gasteiger partial charge on any atom is 0.128 e. The van der Waals surface area contributed by atoms with E-state index in [2.05, 4.69) is 9.88 Å². The van der Waals surface area contributed by atoms with E-state index in [1.165, 1.54) is 0 Å². The standard InChI is InChI=1S/C15H17Cl2N3O/c1-19-14(17)8-18-15(19)10-20-6-7-21-13(9-20)11-2-4-12(16)5-3-11/h2-5,8,13H,6-7,9-10H2,1H3. The third kappa shape index (κ3) is 3.40. The molecule has 0 radical (unpaired) electrons. The van der Waals surface area contributed by atoms with Gasteiger partial charge < -0.3 is 9.30 Å². The third-order valence-electron chi connectivity index (χ3n) is 3.79. The van der Waals surface area contributed by atoms with E-state index < -0.39 is 0 Å². The summed E-state index contributed by atoms with van der Waals surface area (Å²) < 4.78 is 7.78. The van der Waals surface area contributed by atoms with Gasteiger partial charge in [0.1, 0.15) is 11.0 Å². The summed E-state index contributed by atoms with van der Waals surface area (Å²) in [6.45, 7) is 3.22. The molecular weight excluding hydrogens is 309 g/mol. The highest BCUT2D eigenvalue weighted by molar-refractivity contribution is 6.30. The highest BCUT2D eigenvalue weighted by Crippen LogP contribution is 2.24. The van der Waals surface area contributed by atoms with Gasteiger partial charge >= 0.3 is 0 Å². The fourth-order valence-electron chi connectivity index (χ4n) is 2.50. The molecule has 1 aromatic heterocycles. The second kappa shape index (κ2) is 6.36. The van der Waals surface area contributed by atoms with E-state index in [1.807, 2.05) is 35.9 Å². The maximum absolute atomic E-state index is 6.03. The molecule has 2 heterocycles. The third-order valence-corrected chi connectivity index (χ3v) is 4.39. The highest BCUT2D eigenvalue weighted by Gasteiger charge is 2.23. The summed E-state index contributed by atoms with van der Waals surface area (Å²) in [5.41, 5.74) is 1.15. The van der Waals surface area contributed by atoms with Crippen LogP contribution in [0.1, 0.15) is 17.5 Å². The first-order valence-electron chi connectivity index (χ1n) is 6.89. The van der Waals surface area contributed by atoms with Crippen LogP contribution in [0.15, 0.2) is 30.5 Å². The van der Waals surface area contributed by atoms with Crippen molar-refractivity contribution in [2.75, 3.05) is 19.7 Å². The summed E-state index contributed by atoms with van der Waals surface area (Å²) >= 11 is 12.0. The number of morpholine rings is 1. The number of benzene rings is 1. The van der Waals surface area contributed by atoms with E-state index in [0.717, 1.165) is 36.0 Å². The van der Waals surface area contributed by atoms with Gasteiger partial charge in [-0.05, 0) is 17.7 Å². The van der Waals surface area contributed by atoms with Crippen LogP contribution in [-0.4, -0.2) is 34.1 Å². The molecule has 2 aromatic rings. The summed E-state index contributed by atoms with van der Waals surface area (Å²) in [6, 6.07) is 7.84. The van der Waals surface area contributed by atoms with Crippen LogP contribution in [0.25, 0.3) is 0 Å². The number of ether oxygens (including phenoxy) is 1. The molecule has 3 rings (SSSR count). The molecule has 112 valence electrons. The predicted octanol–water partition coefficient (Wildman–Crippen LogP) is 3.30. The Labute approximate surface area is 134 Å². The molecule has 1 aliphatic heterocycles. The Morgan fingerprint density at radius 1 is 1.29 bits per heavy atom. The van der Waals surface area contributed by atoms with E-state index in [4.69, 9.17) is 27.9 Å². The number of imidazole rings is 1. The van der Waals surface area contributed by atoms with Crippen molar-refractivity contribution in [3.63, 3.8) is 0 Å². The molecular formula is C15H17Cl2N3O. The quantitative estimate of drug-likeness (QED) is 0.867. The van der Waals surface area contributed by atoms with Crippen molar-refractivity contribution < 1.29 is 4.74 Å². The lowest BCUT2D eigenvalue weighted by atomic mass is 10.1. The van der Waals surface area contributed by atoms with Crippen LogP contribution in [-0.2, 0) is 18.3 Å². The summed E-state index contributed by atoms with van der Waals surface area (Å²) in [5.74, 6) is 0.969. The maximum atomic E-state index is 6.03. The van der Waals surface area contributed by atoms with Gasteiger partial charge in [0.25, 0.3) is 0 Å². The average molecular weight is 326 g/mol. The van der Waals surface area contributed by atoms with Gasteiger partial charge in [0.15, 0.2) is 0 Å². The first kappa shape index (κ1) is 14.9. The molecule has 1 atom stereocenters. The molecule has 0 saturated carbocycles. The lowest BCUT2D eigenvalue weighted by molar-refractivity contribution is -0.0338. The van der Waals surface area contributed by atoms with Crippen molar-refractivity contribution in [3.05, 3.63) is 52.0 Å². The van der Waals surface area contributed by atoms with Crippen molar-refractivity contribution in [1.82, 2.24) is 14.5 Å². The number of nitrogens with zero attached hydrogens (tertiary/aromatic N) is 3. The van der Waals surface area contributed by atoms with E-state index in [1.54, 1.807) is 6.20 Å². The van der Waals surface area contributed by atoms with E-state index in [-0.39, 0.29) is 6.10 Å². The molecule has 0 amide bonds. The van der Waals surface area contributed by atoms with Crippen molar-refractivity contribution in [3.8, 4) is 0 Å². The van der Waals surface area contributed by atoms with Gasteiger partial charge in [0, 0.05) is 25.2 Å². The Bertz CT molecular complexity index is 612. The van der Waals surface area contributed by atoms with Gasteiger partial charge in [0.05, 0.1) is 25.5 Å². The Hall–Kier alpha value is -1.07. The topological polar surface area (TPSA) is 30.3 Å². The van der Waals surface area contributed by atoms with Crippen molar-refractivity contribution in [2.45, 2.75) is 12.6 Å². The smallest absolute Gasteiger partial charge is 0.128 e. The second-order valence-corrected chi connectivity index (χ2v) is 6.03. The second-order valence-electron chi connectivity index (χ2n) is 5.20. The van der Waals surface area contributed by atoms with Crippen LogP contribution in [0.3, 0.4) is 0 Å². The Morgan fingerprint density at radius 3 is 2.71 bits per heavy atom. The first-order chi connectivity index (χ1) is 10.1. The minimum absolute atomic E-state index is 0.0757. The van der Waals surface area contributed by atoms with Crippen LogP contribution in [0, 0.1) is 0 Å². The molecule has 1 aliphatic rings. The van der Waals surface area contributed by atoms with Gasteiger partial charge in [-0.25, -0.2) is 4.98 Å². The molecule has 1 fully saturated rings. The van der Waals surface area contributed by atoms with Gasteiger partial charge in [-0.2, -0.15) is 0 Å². The van der Waals surface area contributed by atoms with E-state index in [0.29, 0.717) is 11.8 Å². The molecule has 6 heteroatoms. The summed E-state index contributed by atoms with van der Waals surface area (Å²) in [6.07, 6.45) is 1.76. The Balaban J connectivity index is 1.68. The van der Waals surface area contributed by atoms with E-state index in [9.17, 15) is 0 Å². The molecule has 4 nitrogen and oxygen atoms in total. The molecule has 0 aliphatic carbocycles. The molecule has 1 saturated heterocycles. The zero-order valence-corrected chi connectivity index (χ0v) is 13.3. The Kier molecular flexibility index (Phi) is 4.50. The summed E-state index contributed by atoms with van der Waals surface area (Å²) in [7, 11) is 1.93. The van der Waals surface area contributed by atoms with E-state index >= 15 is 0 Å². The lowest BCUT2D eigenvalue weighted by Gasteiger charge is -2.32. The zero-order valence-electron chi connectivity index (χ0n) is 11.8. The minimum atomic E-state index is 0.0757. The first-order valence-corrected chi connectivity index (χ1v) is 7.64. The van der Waals surface area contributed by atoms with Crippen LogP contribution in [0.2, 0.25) is 10.2 Å². The number of hydrogen-bond donors (Lipinski definition) is 0. The normalized spacial score (nSPS) is 19.9. The monoisotopic (exact) mass is 325 g/mol. The van der Waals surface area contributed by atoms with Crippen LogP contribution >= 0.6 is 23.2 Å². The number of aromatic nitrogens is 2. The molecule has 1 aromatic carbocycles. The van der Waals surface area contributed by atoms with Crippen LogP contribution < -0.4 is 0 Å². The zero-order chi connectivity index (χ0) is 14.8. The van der Waals surface area contributed by atoms with Crippen LogP contribution in [0.4, 0.5) is 0 Å². The largest absolute Gasteiger partial charge is 0.371 e. The van der Waals surface area contributed by atoms with Crippen LogP contribution in [0.5, 0.6) is 0 Å². The molecule has 0 N–H and O–H groups in total. The number of halogens is 2. The minimum Gasteiger partial charge on any atom is -0.371 e. The van der Waals surface area contributed by atoms with Gasteiger partial charge in [0.2, 0.25) is 0 Å². The van der Waals surface area contributed by atoms with Crippen molar-refractivity contribution in [1.29, 1.82) is 0 Å². The highest BCUT2D eigenvalue weighted by atomic mass is 35.5. The molecule has 21 heavy (non-hydrogen) atoms. The predicted molar refractivity (Wildman–Crippen MR) is 83.6 cm³/mol. The van der Waals surface area contributed by atoms with Gasteiger partial charge in [-0.15, -0.1) is 0 Å². The number of rotatable bonds is 3. The molecule has 0 bridgehead atoms. The van der Waals surface area contributed by atoms with Gasteiger partial charge in [-0.3, -0.25) is 4.90 Å². The fraction of sp³-hybridized carbons (Fsp3) is 0.400. The number of hydrogen-bond acceptors (Lipinski definition) is 3. The molecule has 1 unspecified atom stereocenters.